The van der Waals surface area contributed by atoms with Crippen molar-refractivity contribution < 1.29 is 32.0 Å². The van der Waals surface area contributed by atoms with Crippen molar-refractivity contribution >= 4 is 41.7 Å². The van der Waals surface area contributed by atoms with Crippen molar-refractivity contribution in [3.05, 3.63) is 101 Å². The predicted octanol–water partition coefficient (Wildman–Crippen LogP) is 4.50. The minimum atomic E-state index is -3.51. The Morgan fingerprint density at radius 1 is 1.05 bits per heavy atom. The average molecular weight is 621 g/mol. The SMILES string of the molecule is C/C(=C\c1ccc(CO)o1)CC[C@H]1OB(O)C[C@H]2C1=C(CO[Si](c1ccccc1)(c1ccccc1)C(C)(C)C)CS2(=O)=O. The molecule has 0 saturated carbocycles. The van der Waals surface area contributed by atoms with Gasteiger partial charge in [-0.1, -0.05) is 87.0 Å². The number of benzene rings is 2. The molecule has 0 bridgehead atoms. The van der Waals surface area contributed by atoms with Gasteiger partial charge in [0.05, 0.1) is 23.7 Å². The van der Waals surface area contributed by atoms with Crippen molar-refractivity contribution in [1.29, 1.82) is 0 Å². The summed E-state index contributed by atoms with van der Waals surface area (Å²) < 4.78 is 45.7. The molecule has 2 aromatic carbocycles. The lowest BCUT2D eigenvalue weighted by atomic mass is 9.74. The Hall–Kier alpha value is -2.73. The molecule has 1 saturated heterocycles. The van der Waals surface area contributed by atoms with E-state index < -0.39 is 36.6 Å². The molecule has 2 aliphatic heterocycles. The maximum absolute atomic E-state index is 13.5. The zero-order valence-electron chi connectivity index (χ0n) is 25.3. The second kappa shape index (κ2) is 12.7. The first kappa shape index (κ1) is 31.7. The third-order valence-corrected chi connectivity index (χ3v) is 15.6. The standard InChI is InChI=1S/C33H41BO7SSi/c1-24(19-26-16-17-27(21-35)40-26)15-18-30-32-25(23-42(37,38)31(32)20-34(36)41-30)22-39-43(33(2,3)4,28-11-7-5-8-12-28)29-13-9-6-10-14-29/h5-14,16-17,19,30-31,35-36H,15,18,20-23H2,1-4H3/b24-19+/t30-,31+/m1/s1. The molecule has 2 atom stereocenters. The molecule has 3 aromatic rings. The van der Waals surface area contributed by atoms with Crippen molar-refractivity contribution in [3.63, 3.8) is 0 Å². The van der Waals surface area contributed by atoms with Crippen LogP contribution < -0.4 is 10.4 Å². The van der Waals surface area contributed by atoms with Crippen LogP contribution in [-0.2, 0) is 25.5 Å². The second-order valence-electron chi connectivity index (χ2n) is 12.6. The Morgan fingerprint density at radius 3 is 2.23 bits per heavy atom. The van der Waals surface area contributed by atoms with Gasteiger partial charge >= 0.3 is 7.12 Å². The van der Waals surface area contributed by atoms with Gasteiger partial charge in [-0.05, 0) is 64.5 Å². The Balaban J connectivity index is 1.48. The van der Waals surface area contributed by atoms with Gasteiger partial charge in [-0.15, -0.1) is 0 Å². The van der Waals surface area contributed by atoms with Crippen LogP contribution in [0.15, 0.2) is 93.9 Å². The first-order chi connectivity index (χ1) is 20.4. The largest absolute Gasteiger partial charge is 0.459 e. The van der Waals surface area contributed by atoms with Crippen LogP contribution in [0.1, 0.15) is 52.1 Å². The van der Waals surface area contributed by atoms with Crippen LogP contribution in [0.25, 0.3) is 6.08 Å². The van der Waals surface area contributed by atoms with Gasteiger partial charge in [-0.3, -0.25) is 0 Å². The number of furan rings is 1. The number of rotatable bonds is 10. The maximum Gasteiger partial charge on any atom is 0.456 e. The van der Waals surface area contributed by atoms with E-state index in [1.807, 2.05) is 49.4 Å². The first-order valence-corrected chi connectivity index (χ1v) is 18.5. The molecule has 0 aliphatic carbocycles. The maximum atomic E-state index is 13.5. The molecule has 0 spiro atoms. The molecular formula is C33H41BO7SSi. The summed E-state index contributed by atoms with van der Waals surface area (Å²) in [4.78, 5) is 0. The molecule has 5 rings (SSSR count). The van der Waals surface area contributed by atoms with E-state index in [1.165, 1.54) is 0 Å². The van der Waals surface area contributed by atoms with Crippen molar-refractivity contribution in [1.82, 2.24) is 0 Å². The average Bonchev–Trinajstić information content (AvgIpc) is 3.53. The molecule has 7 nitrogen and oxygen atoms in total. The normalized spacial score (nSPS) is 20.9. The Morgan fingerprint density at radius 2 is 1.67 bits per heavy atom. The fourth-order valence-corrected chi connectivity index (χ4v) is 13.2. The zero-order chi connectivity index (χ0) is 30.8. The number of aliphatic hydroxyl groups excluding tert-OH is 1. The summed E-state index contributed by atoms with van der Waals surface area (Å²) in [6, 6.07) is 24.1. The smallest absolute Gasteiger partial charge is 0.456 e. The summed E-state index contributed by atoms with van der Waals surface area (Å²) in [6.45, 7) is 8.59. The number of fused-ring (bicyclic) bond motifs is 1. The monoisotopic (exact) mass is 620 g/mol. The van der Waals surface area contributed by atoms with Crippen molar-refractivity contribution in [2.75, 3.05) is 12.4 Å². The van der Waals surface area contributed by atoms with E-state index in [9.17, 15) is 18.5 Å². The molecule has 0 radical (unpaired) electrons. The van der Waals surface area contributed by atoms with Crippen molar-refractivity contribution in [2.24, 2.45) is 0 Å². The van der Waals surface area contributed by atoms with Gasteiger partial charge in [0, 0.05) is 6.32 Å². The third kappa shape index (κ3) is 6.55. The highest BCUT2D eigenvalue weighted by molar-refractivity contribution is 7.92. The van der Waals surface area contributed by atoms with E-state index >= 15 is 0 Å². The lowest BCUT2D eigenvalue weighted by Crippen LogP contribution is -2.66. The van der Waals surface area contributed by atoms with Crippen molar-refractivity contribution in [2.45, 2.75) is 69.9 Å². The van der Waals surface area contributed by atoms with E-state index in [-0.39, 0.29) is 30.3 Å². The number of allylic oxidation sites excluding steroid dienone is 1. The molecule has 0 amide bonds. The molecule has 2 aliphatic rings. The van der Waals surface area contributed by atoms with Gasteiger partial charge in [0.2, 0.25) is 0 Å². The van der Waals surface area contributed by atoms with E-state index in [2.05, 4.69) is 45.0 Å². The minimum Gasteiger partial charge on any atom is -0.459 e. The quantitative estimate of drug-likeness (QED) is 0.254. The van der Waals surface area contributed by atoms with Gasteiger partial charge in [0.1, 0.15) is 18.1 Å². The van der Waals surface area contributed by atoms with Gasteiger partial charge < -0.3 is 23.6 Å². The first-order valence-electron chi connectivity index (χ1n) is 14.8. The molecule has 1 fully saturated rings. The van der Waals surface area contributed by atoms with Crippen molar-refractivity contribution in [3.8, 4) is 0 Å². The summed E-state index contributed by atoms with van der Waals surface area (Å²) in [7, 11) is -7.55. The Kier molecular flexibility index (Phi) is 9.37. The fourth-order valence-electron chi connectivity index (χ4n) is 6.59. The molecule has 2 N–H and O–H groups in total. The van der Waals surface area contributed by atoms with Gasteiger partial charge in [-0.2, -0.15) is 0 Å². The van der Waals surface area contributed by atoms with Crippen LogP contribution in [0.3, 0.4) is 0 Å². The Bertz CT molecular complexity index is 1540. The van der Waals surface area contributed by atoms with Gasteiger partial charge in [0.15, 0.2) is 9.84 Å². The Labute approximate surface area is 256 Å². The van der Waals surface area contributed by atoms with Gasteiger partial charge in [-0.25, -0.2) is 8.42 Å². The van der Waals surface area contributed by atoms with Crippen LogP contribution in [0.2, 0.25) is 11.4 Å². The highest BCUT2D eigenvalue weighted by atomic mass is 32.2. The zero-order valence-corrected chi connectivity index (χ0v) is 27.1. The summed E-state index contributed by atoms with van der Waals surface area (Å²) in [5.41, 5.74) is 2.51. The minimum absolute atomic E-state index is 0.0298. The summed E-state index contributed by atoms with van der Waals surface area (Å²) >= 11 is 0. The fraction of sp³-hybridized carbons (Fsp3) is 0.394. The highest BCUT2D eigenvalue weighted by Gasteiger charge is 2.52. The van der Waals surface area contributed by atoms with Crippen LogP contribution >= 0.6 is 0 Å². The second-order valence-corrected chi connectivity index (χ2v) is 19.1. The van der Waals surface area contributed by atoms with Gasteiger partial charge in [0.25, 0.3) is 8.32 Å². The number of sulfone groups is 1. The highest BCUT2D eigenvalue weighted by Crippen LogP contribution is 2.42. The number of hydrogen-bond acceptors (Lipinski definition) is 7. The van der Waals surface area contributed by atoms with Crippen LogP contribution in [0.4, 0.5) is 0 Å². The van der Waals surface area contributed by atoms with E-state index in [1.54, 1.807) is 12.1 Å². The summed E-state index contributed by atoms with van der Waals surface area (Å²) in [5, 5.41) is 21.1. The third-order valence-electron chi connectivity index (χ3n) is 8.56. The summed E-state index contributed by atoms with van der Waals surface area (Å²) in [5.74, 6) is 1.04. The molecule has 0 unspecified atom stereocenters. The predicted molar refractivity (Wildman–Crippen MR) is 173 cm³/mol. The molecule has 228 valence electrons. The summed E-state index contributed by atoms with van der Waals surface area (Å²) in [6.07, 6.45) is 2.52. The lowest BCUT2D eigenvalue weighted by molar-refractivity contribution is 0.168. The molecule has 3 heterocycles. The van der Waals surface area contributed by atoms with Crippen LogP contribution in [0.5, 0.6) is 0 Å². The van der Waals surface area contributed by atoms with Crippen LogP contribution in [-0.4, -0.2) is 57.7 Å². The van der Waals surface area contributed by atoms with E-state index in [0.29, 0.717) is 24.4 Å². The number of aliphatic hydroxyl groups is 1. The van der Waals surface area contributed by atoms with E-state index in [4.69, 9.17) is 13.5 Å². The molecular weight excluding hydrogens is 579 g/mol. The number of hydrogen-bond donors (Lipinski definition) is 2. The molecule has 10 heteroatoms. The topological polar surface area (TPSA) is 106 Å². The molecule has 1 aromatic heterocycles. The van der Waals surface area contributed by atoms with Crippen LogP contribution in [0, 0.1) is 0 Å². The van der Waals surface area contributed by atoms with E-state index in [0.717, 1.165) is 27.1 Å². The molecule has 43 heavy (non-hydrogen) atoms. The lowest BCUT2D eigenvalue weighted by Gasteiger charge is -2.43.